The van der Waals surface area contributed by atoms with Crippen LogP contribution in [0.5, 0.6) is 0 Å². The van der Waals surface area contributed by atoms with Crippen LogP contribution in [0.4, 0.5) is 10.5 Å². The Morgan fingerprint density at radius 3 is 2.90 bits per heavy atom. The molecule has 0 spiro atoms. The lowest BCUT2D eigenvalue weighted by atomic mass is 10.1. The maximum absolute atomic E-state index is 11.7. The standard InChI is InChI=1S/C14H15N3O3/c18-13(19)5-2-7-16-14(20)17-12-4-1-3-10-6-8-15-9-11(10)12/h1,3-4,6,8-9H,2,5,7H2,(H,18,19)(H2,16,17,20). The van der Waals surface area contributed by atoms with Crippen molar-refractivity contribution in [2.45, 2.75) is 12.8 Å². The summed E-state index contributed by atoms with van der Waals surface area (Å²) in [6.45, 7) is 0.321. The van der Waals surface area contributed by atoms with Gasteiger partial charge in [0.25, 0.3) is 0 Å². The van der Waals surface area contributed by atoms with Crippen LogP contribution in [-0.2, 0) is 4.79 Å². The van der Waals surface area contributed by atoms with Gasteiger partial charge in [-0.1, -0.05) is 12.1 Å². The Hall–Kier alpha value is -2.63. The van der Waals surface area contributed by atoms with E-state index in [4.69, 9.17) is 5.11 Å². The van der Waals surface area contributed by atoms with Gasteiger partial charge in [-0.3, -0.25) is 9.78 Å². The Morgan fingerprint density at radius 2 is 2.10 bits per heavy atom. The van der Waals surface area contributed by atoms with Gasteiger partial charge >= 0.3 is 12.0 Å². The normalized spacial score (nSPS) is 10.2. The fourth-order valence-corrected chi connectivity index (χ4v) is 1.83. The number of nitrogens with zero attached hydrogens (tertiary/aromatic N) is 1. The number of aromatic nitrogens is 1. The minimum Gasteiger partial charge on any atom is -0.481 e. The average molecular weight is 273 g/mol. The first kappa shape index (κ1) is 13.8. The predicted octanol–water partition coefficient (Wildman–Crippen LogP) is 2.22. The number of hydrogen-bond acceptors (Lipinski definition) is 3. The molecule has 0 aliphatic carbocycles. The van der Waals surface area contributed by atoms with Crippen LogP contribution in [0.2, 0.25) is 0 Å². The monoisotopic (exact) mass is 273 g/mol. The van der Waals surface area contributed by atoms with Crippen LogP contribution in [-0.4, -0.2) is 28.6 Å². The summed E-state index contributed by atoms with van der Waals surface area (Å²) in [5.41, 5.74) is 0.673. The van der Waals surface area contributed by atoms with Crippen LogP contribution in [0.1, 0.15) is 12.8 Å². The van der Waals surface area contributed by atoms with E-state index in [1.54, 1.807) is 18.5 Å². The number of carbonyl (C=O) groups is 2. The highest BCUT2D eigenvalue weighted by Gasteiger charge is 2.05. The van der Waals surface area contributed by atoms with Crippen LogP contribution in [0.3, 0.4) is 0 Å². The molecule has 0 aliphatic heterocycles. The van der Waals surface area contributed by atoms with Gasteiger partial charge in [-0.2, -0.15) is 0 Å². The minimum absolute atomic E-state index is 0.0401. The van der Waals surface area contributed by atoms with Gasteiger partial charge in [0.2, 0.25) is 0 Å². The molecule has 0 radical (unpaired) electrons. The zero-order valence-electron chi connectivity index (χ0n) is 10.8. The molecule has 0 saturated heterocycles. The van der Waals surface area contributed by atoms with Crippen molar-refractivity contribution < 1.29 is 14.7 Å². The predicted molar refractivity (Wildman–Crippen MR) is 75.6 cm³/mol. The molecule has 0 aliphatic rings. The third-order valence-electron chi connectivity index (χ3n) is 2.78. The molecule has 0 unspecified atom stereocenters. The quantitative estimate of drug-likeness (QED) is 0.728. The second-order valence-corrected chi connectivity index (χ2v) is 4.28. The average Bonchev–Trinajstić information content (AvgIpc) is 2.44. The maximum Gasteiger partial charge on any atom is 0.319 e. The summed E-state index contributed by atoms with van der Waals surface area (Å²) in [7, 11) is 0. The highest BCUT2D eigenvalue weighted by molar-refractivity contribution is 6.01. The lowest BCUT2D eigenvalue weighted by molar-refractivity contribution is -0.137. The summed E-state index contributed by atoms with van der Waals surface area (Å²) in [5, 5.41) is 15.7. The summed E-state index contributed by atoms with van der Waals surface area (Å²) in [4.78, 5) is 26.1. The lowest BCUT2D eigenvalue weighted by Gasteiger charge is -2.09. The summed E-state index contributed by atoms with van der Waals surface area (Å²) >= 11 is 0. The van der Waals surface area contributed by atoms with Crippen molar-refractivity contribution in [2.75, 3.05) is 11.9 Å². The first-order chi connectivity index (χ1) is 9.66. The number of amides is 2. The van der Waals surface area contributed by atoms with Gasteiger partial charge in [-0.25, -0.2) is 4.79 Å². The molecule has 6 nitrogen and oxygen atoms in total. The molecule has 2 aromatic rings. The van der Waals surface area contributed by atoms with E-state index in [2.05, 4.69) is 15.6 Å². The zero-order valence-corrected chi connectivity index (χ0v) is 10.8. The number of carboxylic acid groups (broad SMARTS) is 1. The largest absolute Gasteiger partial charge is 0.481 e. The molecule has 0 fully saturated rings. The smallest absolute Gasteiger partial charge is 0.319 e. The van der Waals surface area contributed by atoms with E-state index < -0.39 is 5.97 Å². The number of hydrogen-bond donors (Lipinski definition) is 3. The van der Waals surface area contributed by atoms with E-state index in [0.29, 0.717) is 18.7 Å². The minimum atomic E-state index is -0.868. The summed E-state index contributed by atoms with van der Waals surface area (Å²) in [6, 6.07) is 7.09. The number of carboxylic acids is 1. The molecule has 20 heavy (non-hydrogen) atoms. The van der Waals surface area contributed by atoms with Crippen LogP contribution >= 0.6 is 0 Å². The molecule has 0 atom stereocenters. The molecule has 1 heterocycles. The van der Waals surface area contributed by atoms with E-state index in [9.17, 15) is 9.59 Å². The lowest BCUT2D eigenvalue weighted by Crippen LogP contribution is -2.29. The van der Waals surface area contributed by atoms with Crippen LogP contribution < -0.4 is 10.6 Å². The fraction of sp³-hybridized carbons (Fsp3) is 0.214. The number of pyridine rings is 1. The maximum atomic E-state index is 11.7. The van der Waals surface area contributed by atoms with E-state index in [-0.39, 0.29) is 12.5 Å². The van der Waals surface area contributed by atoms with Crippen LogP contribution in [0.15, 0.2) is 36.7 Å². The Labute approximate surface area is 115 Å². The van der Waals surface area contributed by atoms with Gasteiger partial charge < -0.3 is 15.7 Å². The van der Waals surface area contributed by atoms with Crippen molar-refractivity contribution in [1.29, 1.82) is 0 Å². The van der Waals surface area contributed by atoms with E-state index in [1.807, 2.05) is 18.2 Å². The molecule has 1 aromatic heterocycles. The van der Waals surface area contributed by atoms with Gasteiger partial charge in [0.15, 0.2) is 0 Å². The highest BCUT2D eigenvalue weighted by atomic mass is 16.4. The van der Waals surface area contributed by atoms with Crippen molar-refractivity contribution in [3.8, 4) is 0 Å². The van der Waals surface area contributed by atoms with Crippen molar-refractivity contribution >= 4 is 28.5 Å². The molecule has 2 amide bonds. The molecule has 6 heteroatoms. The molecule has 0 saturated carbocycles. The molecule has 2 rings (SSSR count). The van der Waals surface area contributed by atoms with Gasteiger partial charge in [0.1, 0.15) is 0 Å². The topological polar surface area (TPSA) is 91.3 Å². The Bertz CT molecular complexity index is 623. The van der Waals surface area contributed by atoms with Crippen molar-refractivity contribution in [3.05, 3.63) is 36.7 Å². The third-order valence-corrected chi connectivity index (χ3v) is 2.78. The summed E-state index contributed by atoms with van der Waals surface area (Å²) in [6.07, 6.45) is 3.83. The zero-order chi connectivity index (χ0) is 14.4. The Balaban J connectivity index is 1.94. The molecule has 3 N–H and O–H groups in total. The third kappa shape index (κ3) is 3.68. The SMILES string of the molecule is O=C(O)CCCNC(=O)Nc1cccc2ccncc12. The molecule has 1 aromatic carbocycles. The second-order valence-electron chi connectivity index (χ2n) is 4.28. The van der Waals surface area contributed by atoms with E-state index >= 15 is 0 Å². The molecular formula is C14H15N3O3. The summed E-state index contributed by atoms with van der Waals surface area (Å²) in [5.74, 6) is -0.868. The molecule has 0 bridgehead atoms. The number of anilines is 1. The van der Waals surface area contributed by atoms with Gasteiger partial charge in [-0.05, 0) is 23.9 Å². The number of fused-ring (bicyclic) bond motifs is 1. The Kier molecular flexibility index (Phi) is 4.49. The number of rotatable bonds is 5. The number of carbonyl (C=O) groups excluding carboxylic acids is 1. The first-order valence-electron chi connectivity index (χ1n) is 6.26. The fourth-order valence-electron chi connectivity index (χ4n) is 1.83. The van der Waals surface area contributed by atoms with Gasteiger partial charge in [-0.15, -0.1) is 0 Å². The second kappa shape index (κ2) is 6.51. The van der Waals surface area contributed by atoms with Crippen molar-refractivity contribution in [1.82, 2.24) is 10.3 Å². The molecule has 104 valence electrons. The van der Waals surface area contributed by atoms with Gasteiger partial charge in [0.05, 0.1) is 5.69 Å². The number of benzene rings is 1. The Morgan fingerprint density at radius 1 is 1.25 bits per heavy atom. The number of aliphatic carboxylic acids is 1. The van der Waals surface area contributed by atoms with Crippen LogP contribution in [0, 0.1) is 0 Å². The van der Waals surface area contributed by atoms with E-state index in [0.717, 1.165) is 10.8 Å². The summed E-state index contributed by atoms with van der Waals surface area (Å²) < 4.78 is 0. The number of urea groups is 1. The van der Waals surface area contributed by atoms with Crippen molar-refractivity contribution in [3.63, 3.8) is 0 Å². The van der Waals surface area contributed by atoms with Gasteiger partial charge in [0, 0.05) is 30.7 Å². The first-order valence-corrected chi connectivity index (χ1v) is 6.26. The van der Waals surface area contributed by atoms with Crippen LogP contribution in [0.25, 0.3) is 10.8 Å². The van der Waals surface area contributed by atoms with Crippen molar-refractivity contribution in [2.24, 2.45) is 0 Å². The highest BCUT2D eigenvalue weighted by Crippen LogP contribution is 2.21. The van der Waals surface area contributed by atoms with E-state index in [1.165, 1.54) is 0 Å². The molecular weight excluding hydrogens is 258 g/mol. The number of nitrogens with one attached hydrogen (secondary N) is 2.